The molecule has 2 saturated heterocycles. The Morgan fingerprint density at radius 2 is 1.71 bits per heavy atom. The summed E-state index contributed by atoms with van der Waals surface area (Å²) in [6.07, 6.45) is -4.60. The van der Waals surface area contributed by atoms with Crippen molar-refractivity contribution < 1.29 is 55.9 Å². The molecule has 19 heteroatoms. The van der Waals surface area contributed by atoms with Gasteiger partial charge in [0, 0.05) is 12.7 Å². The summed E-state index contributed by atoms with van der Waals surface area (Å²) < 4.78 is 58.2. The SMILES string of the molecule is CCCn1cc([C@@H]2O[C@H](COP3(=O)OP(=O)(O)OP(=O)(O)O3)C(O)C2O)c(=O)[nH]c1=O. The number of hydrogen-bond acceptors (Lipinski definition) is 12. The maximum Gasteiger partial charge on any atom is 0.492 e. The Balaban J connectivity index is 1.78. The second-order valence-corrected chi connectivity index (χ2v) is 11.5. The lowest BCUT2D eigenvalue weighted by Crippen LogP contribution is -2.36. The number of hydrogen-bond donors (Lipinski definition) is 5. The molecule has 0 radical (unpaired) electrons. The van der Waals surface area contributed by atoms with E-state index in [4.69, 9.17) is 4.74 Å². The van der Waals surface area contributed by atoms with E-state index in [1.54, 1.807) is 6.92 Å². The first kappa shape index (κ1) is 24.6. The number of H-pyrrole nitrogens is 1. The molecule has 1 aromatic heterocycles. The first-order valence-corrected chi connectivity index (χ1v) is 13.1. The molecule has 4 unspecified atom stereocenters. The number of rotatable bonds is 6. The second kappa shape index (κ2) is 8.75. The molecule has 31 heavy (non-hydrogen) atoms. The number of aromatic nitrogens is 2. The summed E-state index contributed by atoms with van der Waals surface area (Å²) in [5, 5.41) is 20.5. The molecular weight excluding hydrogens is 489 g/mol. The fourth-order valence-electron chi connectivity index (χ4n) is 2.92. The molecule has 0 amide bonds. The highest BCUT2D eigenvalue weighted by Gasteiger charge is 2.55. The molecule has 16 nitrogen and oxygen atoms in total. The van der Waals surface area contributed by atoms with E-state index in [0.29, 0.717) is 6.42 Å². The minimum Gasteiger partial charge on any atom is -0.387 e. The van der Waals surface area contributed by atoms with Gasteiger partial charge in [0.25, 0.3) is 5.56 Å². The summed E-state index contributed by atoms with van der Waals surface area (Å²) in [4.78, 5) is 44.4. The van der Waals surface area contributed by atoms with Crippen LogP contribution >= 0.6 is 23.5 Å². The lowest BCUT2D eigenvalue weighted by atomic mass is 10.0. The van der Waals surface area contributed by atoms with Crippen LogP contribution in [0.4, 0.5) is 0 Å². The number of phosphoric acid groups is 3. The predicted octanol–water partition coefficient (Wildman–Crippen LogP) is -0.503. The zero-order chi connectivity index (χ0) is 23.2. The van der Waals surface area contributed by atoms with Crippen molar-refractivity contribution >= 4 is 23.5 Å². The first-order chi connectivity index (χ1) is 14.3. The summed E-state index contributed by atoms with van der Waals surface area (Å²) in [6.45, 7) is 1.12. The van der Waals surface area contributed by atoms with Gasteiger partial charge in [-0.3, -0.25) is 14.3 Å². The molecule has 2 fully saturated rings. The molecule has 3 heterocycles. The highest BCUT2D eigenvalue weighted by atomic mass is 31.3. The van der Waals surface area contributed by atoms with Crippen molar-refractivity contribution in [1.29, 1.82) is 0 Å². The Morgan fingerprint density at radius 1 is 1.10 bits per heavy atom. The predicted molar refractivity (Wildman–Crippen MR) is 97.7 cm³/mol. The molecule has 2 aliphatic rings. The number of ether oxygens (including phenoxy) is 1. The van der Waals surface area contributed by atoms with Gasteiger partial charge in [0.2, 0.25) is 0 Å². The number of aryl methyl sites for hydroxylation is 1. The average molecular weight is 508 g/mol. The quantitative estimate of drug-likeness (QED) is 0.305. The van der Waals surface area contributed by atoms with Gasteiger partial charge in [0.15, 0.2) is 0 Å². The molecule has 0 saturated carbocycles. The monoisotopic (exact) mass is 508 g/mol. The van der Waals surface area contributed by atoms with E-state index >= 15 is 0 Å². The summed E-state index contributed by atoms with van der Waals surface area (Å²) >= 11 is 0. The summed E-state index contributed by atoms with van der Waals surface area (Å²) in [5.74, 6) is 0. The van der Waals surface area contributed by atoms with Crippen molar-refractivity contribution in [1.82, 2.24) is 9.55 Å². The van der Waals surface area contributed by atoms with E-state index in [1.165, 1.54) is 4.57 Å². The number of aliphatic hydroxyl groups is 2. The van der Waals surface area contributed by atoms with Crippen LogP contribution < -0.4 is 11.2 Å². The van der Waals surface area contributed by atoms with Gasteiger partial charge < -0.3 is 29.3 Å². The third-order valence-corrected chi connectivity index (χ3v) is 9.55. The largest absolute Gasteiger partial charge is 0.492 e. The minimum absolute atomic E-state index is 0.188. The fourth-order valence-corrected chi connectivity index (χ4v) is 7.85. The Kier molecular flexibility index (Phi) is 6.95. The van der Waals surface area contributed by atoms with Crippen LogP contribution in [0.2, 0.25) is 0 Å². The van der Waals surface area contributed by atoms with Crippen LogP contribution in [-0.4, -0.2) is 54.5 Å². The van der Waals surface area contributed by atoms with Crippen LogP contribution in [0.5, 0.6) is 0 Å². The molecular formula is C12H19N2O14P3. The van der Waals surface area contributed by atoms with Gasteiger partial charge in [0.1, 0.15) is 24.4 Å². The minimum atomic E-state index is -5.26. The van der Waals surface area contributed by atoms with E-state index in [9.17, 15) is 43.3 Å². The number of aliphatic hydroxyl groups excluding tert-OH is 2. The topological polar surface area (TPSA) is 233 Å². The van der Waals surface area contributed by atoms with Gasteiger partial charge in [-0.1, -0.05) is 6.92 Å². The molecule has 176 valence electrons. The van der Waals surface area contributed by atoms with Crippen molar-refractivity contribution in [2.75, 3.05) is 6.61 Å². The van der Waals surface area contributed by atoms with Crippen LogP contribution in [0.3, 0.4) is 0 Å². The molecule has 0 spiro atoms. The van der Waals surface area contributed by atoms with Gasteiger partial charge in [-0.25, -0.2) is 18.5 Å². The van der Waals surface area contributed by atoms with Crippen molar-refractivity contribution in [2.24, 2.45) is 0 Å². The third kappa shape index (κ3) is 5.50. The van der Waals surface area contributed by atoms with Crippen LogP contribution in [0.15, 0.2) is 15.8 Å². The first-order valence-electron chi connectivity index (χ1n) is 8.65. The average Bonchev–Trinajstić information content (AvgIpc) is 2.88. The zero-order valence-electron chi connectivity index (χ0n) is 15.7. The molecule has 1 aromatic rings. The van der Waals surface area contributed by atoms with E-state index in [2.05, 4.69) is 22.4 Å². The Labute approximate surface area is 173 Å². The zero-order valence-corrected chi connectivity index (χ0v) is 18.4. The highest BCUT2D eigenvalue weighted by molar-refractivity contribution is 7.74. The normalized spacial score (nSPS) is 40.8. The molecule has 6 atom stereocenters. The van der Waals surface area contributed by atoms with Crippen molar-refractivity contribution in [3.63, 3.8) is 0 Å². The molecule has 5 N–H and O–H groups in total. The van der Waals surface area contributed by atoms with Gasteiger partial charge in [-0.2, -0.15) is 12.9 Å². The molecule has 0 aliphatic carbocycles. The maximum absolute atomic E-state index is 12.3. The molecule has 3 rings (SSSR count). The Bertz CT molecular complexity index is 1070. The van der Waals surface area contributed by atoms with E-state index in [-0.39, 0.29) is 12.1 Å². The highest BCUT2D eigenvalue weighted by Crippen LogP contribution is 2.80. The van der Waals surface area contributed by atoms with Crippen molar-refractivity contribution in [2.45, 2.75) is 44.3 Å². The molecule has 0 aromatic carbocycles. The fraction of sp³-hybridized carbons (Fsp3) is 0.667. The van der Waals surface area contributed by atoms with E-state index in [0.717, 1.165) is 6.20 Å². The lowest BCUT2D eigenvalue weighted by Gasteiger charge is -2.27. The standard InChI is InChI=1S/C12H19N2O14P3/c1-2-3-14-4-6(11(17)13-12(14)18)10-9(16)8(15)7(25-10)5-24-31(23)27-29(19,20)26-30(21,22)28-31/h4,7-10,15-16H,2-3,5H2,1H3,(H,19,20)(H,21,22)(H,13,17,18)/t7-,8?,9?,10+/m1/s1. The lowest BCUT2D eigenvalue weighted by molar-refractivity contribution is -0.0236. The number of aromatic amines is 1. The molecule has 0 bridgehead atoms. The number of nitrogens with one attached hydrogen (secondary N) is 1. The van der Waals surface area contributed by atoms with Crippen molar-refractivity contribution in [3.8, 4) is 0 Å². The van der Waals surface area contributed by atoms with Gasteiger partial charge >= 0.3 is 29.2 Å². The Hall–Kier alpha value is -0.990. The summed E-state index contributed by atoms with van der Waals surface area (Å²) in [6, 6.07) is 0. The van der Waals surface area contributed by atoms with E-state index in [1.807, 2.05) is 0 Å². The maximum atomic E-state index is 12.3. The van der Waals surface area contributed by atoms with Gasteiger partial charge in [-0.15, -0.1) is 0 Å². The van der Waals surface area contributed by atoms with Gasteiger partial charge in [0.05, 0.1) is 12.2 Å². The van der Waals surface area contributed by atoms with Gasteiger partial charge in [-0.05, 0) is 6.42 Å². The van der Waals surface area contributed by atoms with Crippen LogP contribution in [-0.2, 0) is 42.4 Å². The summed E-state index contributed by atoms with van der Waals surface area (Å²) in [7, 11) is -15.6. The van der Waals surface area contributed by atoms with E-state index < -0.39 is 65.7 Å². The van der Waals surface area contributed by atoms with Crippen LogP contribution in [0.25, 0.3) is 0 Å². The smallest absolute Gasteiger partial charge is 0.387 e. The third-order valence-electron chi connectivity index (χ3n) is 4.18. The Morgan fingerprint density at radius 3 is 2.29 bits per heavy atom. The van der Waals surface area contributed by atoms with Crippen LogP contribution in [0.1, 0.15) is 25.0 Å². The van der Waals surface area contributed by atoms with Crippen molar-refractivity contribution in [3.05, 3.63) is 32.6 Å². The second-order valence-electron chi connectivity index (χ2n) is 6.54. The summed E-state index contributed by atoms with van der Waals surface area (Å²) in [5.41, 5.74) is -1.74. The molecule has 2 aliphatic heterocycles. The number of nitrogens with zero attached hydrogens (tertiary/aromatic N) is 1. The van der Waals surface area contributed by atoms with Crippen LogP contribution in [0, 0.1) is 0 Å².